The summed E-state index contributed by atoms with van der Waals surface area (Å²) in [4.78, 5) is 28.1. The number of nitrogens with one attached hydrogen (secondary N) is 1. The molecule has 3 aromatic carbocycles. The van der Waals surface area contributed by atoms with Crippen molar-refractivity contribution in [2.24, 2.45) is 0 Å². The average Bonchev–Trinajstić information content (AvgIpc) is 2.99. The van der Waals surface area contributed by atoms with Gasteiger partial charge in [0.05, 0.1) is 19.1 Å². The van der Waals surface area contributed by atoms with Gasteiger partial charge in [-0.3, -0.25) is 14.9 Å². The van der Waals surface area contributed by atoms with Crippen molar-refractivity contribution >= 4 is 23.0 Å². The number of benzene rings is 3. The summed E-state index contributed by atoms with van der Waals surface area (Å²) in [5.41, 5.74) is 3.64. The van der Waals surface area contributed by atoms with E-state index in [1.54, 1.807) is 25.2 Å². The Hall–Kier alpha value is -4.47. The molecule has 10 heteroatoms. The lowest BCUT2D eigenvalue weighted by Crippen LogP contribution is -2.50. The summed E-state index contributed by atoms with van der Waals surface area (Å²) in [7, 11) is 3.18. The molecule has 224 valence electrons. The van der Waals surface area contributed by atoms with E-state index in [9.17, 15) is 14.9 Å². The lowest BCUT2D eigenvalue weighted by molar-refractivity contribution is -0.383. The average molecular weight is 577 g/mol. The smallest absolute Gasteiger partial charge is 0.292 e. The zero-order chi connectivity index (χ0) is 30.3. The molecule has 0 aliphatic carbocycles. The summed E-state index contributed by atoms with van der Waals surface area (Å²) in [6.07, 6.45) is 0.644. The number of carbonyl (C=O) groups excluding carboxylic acids is 1. The van der Waals surface area contributed by atoms with Crippen LogP contribution in [0.5, 0.6) is 17.2 Å². The number of carbonyl (C=O) groups is 1. The maximum Gasteiger partial charge on any atom is 0.292 e. The number of amides is 1. The molecule has 0 unspecified atom stereocenters. The van der Waals surface area contributed by atoms with E-state index in [1.807, 2.05) is 48.5 Å². The molecule has 1 aliphatic rings. The van der Waals surface area contributed by atoms with Gasteiger partial charge >= 0.3 is 0 Å². The van der Waals surface area contributed by atoms with Gasteiger partial charge in [0.25, 0.3) is 11.6 Å². The Kier molecular flexibility index (Phi) is 9.77. The van der Waals surface area contributed by atoms with Gasteiger partial charge in [0, 0.05) is 44.5 Å². The fraction of sp³-hybridized carbons (Fsp3) is 0.406. The van der Waals surface area contributed by atoms with Gasteiger partial charge in [-0.1, -0.05) is 39.0 Å². The zero-order valence-corrected chi connectivity index (χ0v) is 25.0. The van der Waals surface area contributed by atoms with Crippen LogP contribution >= 0.6 is 0 Å². The van der Waals surface area contributed by atoms with E-state index in [1.165, 1.54) is 11.6 Å². The maximum absolute atomic E-state index is 12.8. The Labute approximate surface area is 247 Å². The molecular weight excluding hydrogens is 536 g/mol. The summed E-state index contributed by atoms with van der Waals surface area (Å²) >= 11 is 0. The Morgan fingerprint density at radius 1 is 0.929 bits per heavy atom. The zero-order valence-electron chi connectivity index (χ0n) is 25.0. The van der Waals surface area contributed by atoms with Gasteiger partial charge < -0.3 is 29.3 Å². The van der Waals surface area contributed by atoms with Gasteiger partial charge in [0.1, 0.15) is 11.4 Å². The third kappa shape index (κ3) is 7.63. The van der Waals surface area contributed by atoms with Gasteiger partial charge in [-0.05, 0) is 59.4 Å². The number of hydrogen-bond donors (Lipinski definition) is 1. The first-order valence-electron chi connectivity index (χ1n) is 14.1. The molecule has 1 saturated heterocycles. The van der Waals surface area contributed by atoms with E-state index in [4.69, 9.17) is 14.2 Å². The van der Waals surface area contributed by atoms with Crippen LogP contribution in [0.2, 0.25) is 0 Å². The molecule has 0 radical (unpaired) electrons. The SMILES string of the molecule is COc1ccc(CCNc2cc(N3CCN(C(=O)COc4ccc(C(C)(C)C)cc4)CC3)ccc2[N+](=O)[O-])cc1OC. The Balaban J connectivity index is 1.31. The monoisotopic (exact) mass is 576 g/mol. The second-order valence-corrected chi connectivity index (χ2v) is 11.3. The summed E-state index contributed by atoms with van der Waals surface area (Å²) in [6, 6.07) is 18.7. The Morgan fingerprint density at radius 3 is 2.24 bits per heavy atom. The Morgan fingerprint density at radius 2 is 1.62 bits per heavy atom. The summed E-state index contributed by atoms with van der Waals surface area (Å²) in [5, 5.41) is 14.9. The van der Waals surface area contributed by atoms with Crippen molar-refractivity contribution in [3.05, 3.63) is 81.9 Å². The van der Waals surface area contributed by atoms with Crippen LogP contribution in [0.4, 0.5) is 17.1 Å². The van der Waals surface area contributed by atoms with Gasteiger partial charge in [0.2, 0.25) is 0 Å². The molecule has 10 nitrogen and oxygen atoms in total. The fourth-order valence-corrected chi connectivity index (χ4v) is 4.90. The van der Waals surface area contributed by atoms with Crippen molar-refractivity contribution < 1.29 is 23.9 Å². The fourth-order valence-electron chi connectivity index (χ4n) is 4.90. The van der Waals surface area contributed by atoms with Gasteiger partial charge in [-0.25, -0.2) is 0 Å². The molecule has 1 heterocycles. The highest BCUT2D eigenvalue weighted by Gasteiger charge is 2.24. The molecule has 42 heavy (non-hydrogen) atoms. The molecule has 0 saturated carbocycles. The number of nitro groups is 1. The first kappa shape index (κ1) is 30.5. The molecule has 1 aliphatic heterocycles. The number of nitro benzene ring substituents is 1. The molecule has 1 fully saturated rings. The van der Waals surface area contributed by atoms with Crippen molar-refractivity contribution in [1.82, 2.24) is 4.90 Å². The molecule has 4 rings (SSSR count). The highest BCUT2D eigenvalue weighted by molar-refractivity contribution is 5.78. The standard InChI is InChI=1S/C32H40N4O6/c1-32(2,3)24-7-10-26(11-8-24)42-22-31(37)35-18-16-34(17-19-35)25-9-12-28(36(38)39)27(21-25)33-15-14-23-6-13-29(40-4)30(20-23)41-5/h6-13,20-21,33H,14-19,22H2,1-5H3. The largest absolute Gasteiger partial charge is 0.493 e. The van der Waals surface area contributed by atoms with E-state index < -0.39 is 0 Å². The van der Waals surface area contributed by atoms with E-state index in [-0.39, 0.29) is 28.5 Å². The number of nitrogens with zero attached hydrogens (tertiary/aromatic N) is 3. The number of ether oxygens (including phenoxy) is 3. The third-order valence-corrected chi connectivity index (χ3v) is 7.43. The van der Waals surface area contributed by atoms with E-state index in [0.29, 0.717) is 62.1 Å². The third-order valence-electron chi connectivity index (χ3n) is 7.43. The minimum Gasteiger partial charge on any atom is -0.493 e. The number of piperazine rings is 1. The first-order chi connectivity index (χ1) is 20.1. The van der Waals surface area contributed by atoms with E-state index >= 15 is 0 Å². The van der Waals surface area contributed by atoms with E-state index in [0.717, 1.165) is 11.3 Å². The van der Waals surface area contributed by atoms with Crippen molar-refractivity contribution in [2.75, 3.05) is 63.8 Å². The molecular formula is C32H40N4O6. The highest BCUT2D eigenvalue weighted by atomic mass is 16.6. The van der Waals surface area contributed by atoms with Crippen molar-refractivity contribution in [1.29, 1.82) is 0 Å². The molecule has 0 spiro atoms. The topological polar surface area (TPSA) is 106 Å². The minimum atomic E-state index is -0.379. The summed E-state index contributed by atoms with van der Waals surface area (Å²) < 4.78 is 16.4. The molecule has 0 bridgehead atoms. The molecule has 0 atom stereocenters. The normalized spacial score (nSPS) is 13.5. The quantitative estimate of drug-likeness (QED) is 0.242. The minimum absolute atomic E-state index is 0.0134. The van der Waals surface area contributed by atoms with Gasteiger partial charge in [0.15, 0.2) is 18.1 Å². The summed E-state index contributed by atoms with van der Waals surface area (Å²) in [6.45, 7) is 9.28. The van der Waals surface area contributed by atoms with Crippen LogP contribution in [-0.2, 0) is 16.6 Å². The second-order valence-electron chi connectivity index (χ2n) is 11.3. The van der Waals surface area contributed by atoms with Crippen LogP contribution in [0.15, 0.2) is 60.7 Å². The van der Waals surface area contributed by atoms with Crippen LogP contribution in [0.1, 0.15) is 31.9 Å². The van der Waals surface area contributed by atoms with Crippen LogP contribution in [-0.4, -0.2) is 69.3 Å². The van der Waals surface area contributed by atoms with Crippen LogP contribution in [0.3, 0.4) is 0 Å². The van der Waals surface area contributed by atoms with Crippen molar-refractivity contribution in [3.8, 4) is 17.2 Å². The lowest BCUT2D eigenvalue weighted by Gasteiger charge is -2.36. The molecule has 1 amide bonds. The van der Waals surface area contributed by atoms with Gasteiger partial charge in [-0.15, -0.1) is 0 Å². The number of rotatable bonds is 11. The predicted molar refractivity (Wildman–Crippen MR) is 164 cm³/mol. The number of methoxy groups -OCH3 is 2. The molecule has 1 N–H and O–H groups in total. The van der Waals surface area contributed by atoms with Crippen LogP contribution in [0, 0.1) is 10.1 Å². The lowest BCUT2D eigenvalue weighted by atomic mass is 9.87. The predicted octanol–water partition coefficient (Wildman–Crippen LogP) is 5.29. The number of anilines is 2. The second kappa shape index (κ2) is 13.5. The molecule has 0 aromatic heterocycles. The van der Waals surface area contributed by atoms with Crippen LogP contribution in [0.25, 0.3) is 0 Å². The van der Waals surface area contributed by atoms with Crippen molar-refractivity contribution in [2.45, 2.75) is 32.6 Å². The number of hydrogen-bond acceptors (Lipinski definition) is 8. The van der Waals surface area contributed by atoms with Crippen molar-refractivity contribution in [3.63, 3.8) is 0 Å². The summed E-state index contributed by atoms with van der Waals surface area (Å²) in [5.74, 6) is 1.91. The maximum atomic E-state index is 12.8. The van der Waals surface area contributed by atoms with Gasteiger partial charge in [-0.2, -0.15) is 0 Å². The van der Waals surface area contributed by atoms with E-state index in [2.05, 4.69) is 31.0 Å². The highest BCUT2D eigenvalue weighted by Crippen LogP contribution is 2.31. The Bertz CT molecular complexity index is 1380. The first-order valence-corrected chi connectivity index (χ1v) is 14.1. The van der Waals surface area contributed by atoms with Crippen LogP contribution < -0.4 is 24.4 Å². The molecule has 3 aromatic rings.